The number of hydrogen-bond donors (Lipinski definition) is 10. The van der Waals surface area contributed by atoms with E-state index in [1.807, 2.05) is 78.9 Å². The van der Waals surface area contributed by atoms with E-state index in [-0.39, 0.29) is 44.6 Å². The number of rotatable bonds is 35. The van der Waals surface area contributed by atoms with E-state index in [1.54, 1.807) is 12.4 Å². The third kappa shape index (κ3) is 18.3. The minimum absolute atomic E-state index is 0.0381. The summed E-state index contributed by atoms with van der Waals surface area (Å²) >= 11 is 0. The smallest absolute Gasteiger partial charge is 0.246 e. The molecule has 1 aliphatic rings. The molecule has 3 heterocycles. The number of carbonyl (C=O) groups is 7. The molecular formula is C60H85N11O7. The maximum atomic E-state index is 15.0. The highest BCUT2D eigenvalue weighted by Gasteiger charge is 2.40. The summed E-state index contributed by atoms with van der Waals surface area (Å²) in [7, 11) is 0. The number of aromatic amines is 2. The monoisotopic (exact) mass is 1070 g/mol. The number of carbonyl (C=O) groups excluding carboxylic acids is 7. The van der Waals surface area contributed by atoms with Gasteiger partial charge in [0.15, 0.2) is 0 Å². The Hall–Kier alpha value is -7.05. The highest BCUT2D eigenvalue weighted by Crippen LogP contribution is 2.25. The first-order valence-corrected chi connectivity index (χ1v) is 28.5. The summed E-state index contributed by atoms with van der Waals surface area (Å²) in [5.74, 6) is -3.81. The fourth-order valence-electron chi connectivity index (χ4n) is 10.5. The minimum atomic E-state index is -1.20. The van der Waals surface area contributed by atoms with Crippen LogP contribution in [0.15, 0.2) is 91.3 Å². The molecule has 0 bridgehead atoms. The third-order valence-electron chi connectivity index (χ3n) is 14.9. The average molecular weight is 1070 g/mol. The standard InChI is InChI=1S/C60H85N11O7/c1-2-3-4-5-6-7-8-9-13-32-54(72)66-48(29-18-20-33-61)56(74)69-51(36-41-23-11-10-12-24-41)58(76)67-49(30-19-21-34-62)57(75)70-52(38-43-40-65-47-28-17-15-26-45(43)47)60(78)71-35-22-31-53(71)59(77)68-50(55(63)73)37-42-39-64-46-27-16-14-25-44(42)46/h10-12,14-17,23-28,39-40,48-53,64-65H,2-9,13,18-22,29-38,61-62H2,1H3,(H2,63,73)(H,66,72)(H,67,76)(H,68,77)(H,69,74)(H,70,75)/t48-,49-,50-,51-,52-,53-/m0/s1. The number of fused-ring (bicyclic) bond motifs is 2. The van der Waals surface area contributed by atoms with Crippen LogP contribution in [0.4, 0.5) is 0 Å². The Kier molecular flexibility index (Phi) is 24.7. The molecule has 0 radical (unpaired) electrons. The minimum Gasteiger partial charge on any atom is -0.368 e. The lowest BCUT2D eigenvalue weighted by atomic mass is 10.0. The molecule has 1 fully saturated rings. The number of aromatic nitrogens is 2. The number of nitrogens with zero attached hydrogens (tertiary/aromatic N) is 1. The van der Waals surface area contributed by atoms with Crippen LogP contribution in [0.5, 0.6) is 0 Å². The van der Waals surface area contributed by atoms with Crippen molar-refractivity contribution in [2.75, 3.05) is 19.6 Å². The van der Waals surface area contributed by atoms with Crippen molar-refractivity contribution < 1.29 is 33.6 Å². The first kappa shape index (κ1) is 60.2. The van der Waals surface area contributed by atoms with Crippen molar-refractivity contribution in [2.24, 2.45) is 17.2 Å². The Bertz CT molecular complexity index is 2710. The topological polar surface area (TPSA) is 293 Å². The van der Waals surface area contributed by atoms with Crippen LogP contribution in [-0.4, -0.2) is 112 Å². The van der Waals surface area contributed by atoms with E-state index in [0.717, 1.165) is 57.8 Å². The van der Waals surface area contributed by atoms with Crippen LogP contribution < -0.4 is 43.8 Å². The number of primary amides is 1. The highest BCUT2D eigenvalue weighted by atomic mass is 16.2. The number of likely N-dealkylation sites (tertiary alicyclic amines) is 1. The summed E-state index contributed by atoms with van der Waals surface area (Å²) < 4.78 is 0. The molecule has 1 aliphatic heterocycles. The van der Waals surface area contributed by atoms with E-state index in [4.69, 9.17) is 17.2 Å². The second kappa shape index (κ2) is 32.0. The largest absolute Gasteiger partial charge is 0.368 e. The van der Waals surface area contributed by atoms with Gasteiger partial charge in [-0.05, 0) is 99.7 Å². The molecule has 18 nitrogen and oxygen atoms in total. The first-order valence-electron chi connectivity index (χ1n) is 28.5. The Morgan fingerprint density at radius 1 is 0.551 bits per heavy atom. The fourth-order valence-corrected chi connectivity index (χ4v) is 10.5. The number of para-hydroxylation sites is 2. The summed E-state index contributed by atoms with van der Waals surface area (Å²) in [5, 5.41) is 16.4. The number of hydrogen-bond acceptors (Lipinski definition) is 9. The second-order valence-electron chi connectivity index (χ2n) is 20.9. The van der Waals surface area contributed by atoms with E-state index in [2.05, 4.69) is 43.5 Å². The molecule has 0 aliphatic carbocycles. The van der Waals surface area contributed by atoms with Gasteiger partial charge in [0.2, 0.25) is 41.4 Å². The van der Waals surface area contributed by atoms with Crippen molar-refractivity contribution in [1.29, 1.82) is 0 Å². The molecule has 78 heavy (non-hydrogen) atoms. The van der Waals surface area contributed by atoms with Crippen LogP contribution in [0.1, 0.15) is 139 Å². The van der Waals surface area contributed by atoms with Crippen molar-refractivity contribution in [3.05, 3.63) is 108 Å². The molecule has 3 aromatic carbocycles. The summed E-state index contributed by atoms with van der Waals surface area (Å²) in [6, 6.07) is 17.9. The van der Waals surface area contributed by atoms with Gasteiger partial charge in [0.05, 0.1) is 0 Å². The van der Waals surface area contributed by atoms with E-state index in [9.17, 15) is 28.8 Å². The Balaban J connectivity index is 1.19. The summed E-state index contributed by atoms with van der Waals surface area (Å²) in [6.45, 7) is 3.17. The van der Waals surface area contributed by atoms with Crippen LogP contribution in [0.3, 0.4) is 0 Å². The predicted octanol–water partition coefficient (Wildman–Crippen LogP) is 5.76. The van der Waals surface area contributed by atoms with Crippen LogP contribution >= 0.6 is 0 Å². The van der Waals surface area contributed by atoms with Crippen LogP contribution in [-0.2, 0) is 52.8 Å². The van der Waals surface area contributed by atoms with Crippen LogP contribution in [0.2, 0.25) is 0 Å². The van der Waals surface area contributed by atoms with Crippen LogP contribution in [0, 0.1) is 0 Å². The zero-order valence-corrected chi connectivity index (χ0v) is 45.6. The normalized spacial score (nSPS) is 15.3. The van der Waals surface area contributed by atoms with Crippen molar-refractivity contribution in [3.8, 4) is 0 Å². The van der Waals surface area contributed by atoms with Gasteiger partial charge in [-0.3, -0.25) is 33.6 Å². The summed E-state index contributed by atoms with van der Waals surface area (Å²) in [5.41, 5.74) is 21.6. The Morgan fingerprint density at radius 2 is 1.05 bits per heavy atom. The molecule has 18 heteroatoms. The SMILES string of the molecule is CCCCCCCCCCCC(=O)N[C@@H](CCCCN)C(=O)N[C@@H](Cc1ccccc1)C(=O)N[C@@H](CCCCN)C(=O)N[C@@H](Cc1c[nH]c2ccccc12)C(=O)N1CCC[C@H]1C(=O)N[C@@H](Cc1c[nH]c2ccccc12)C(N)=O. The van der Waals surface area contributed by atoms with Gasteiger partial charge in [0, 0.05) is 66.4 Å². The van der Waals surface area contributed by atoms with E-state index < -0.39 is 71.7 Å². The molecule has 422 valence electrons. The lowest BCUT2D eigenvalue weighted by Gasteiger charge is -2.31. The molecule has 6 rings (SSSR count). The summed E-state index contributed by atoms with van der Waals surface area (Å²) in [6.07, 6.45) is 17.5. The number of H-pyrrole nitrogens is 2. The molecule has 0 spiro atoms. The average Bonchev–Trinajstić information content (AvgIpc) is 4.22. The van der Waals surface area contributed by atoms with Gasteiger partial charge in [0.1, 0.15) is 36.3 Å². The maximum Gasteiger partial charge on any atom is 0.246 e. The van der Waals surface area contributed by atoms with Crippen LogP contribution in [0.25, 0.3) is 21.8 Å². The predicted molar refractivity (Wildman–Crippen MR) is 305 cm³/mol. The molecule has 1 saturated heterocycles. The molecular weight excluding hydrogens is 987 g/mol. The van der Waals surface area contributed by atoms with Crippen molar-refractivity contribution >= 4 is 63.2 Å². The number of unbranched alkanes of at least 4 members (excludes halogenated alkanes) is 10. The molecule has 7 amide bonds. The lowest BCUT2D eigenvalue weighted by Crippen LogP contribution is -2.60. The Labute approximate surface area is 459 Å². The zero-order valence-electron chi connectivity index (χ0n) is 45.6. The van der Waals surface area contributed by atoms with Gasteiger partial charge in [-0.15, -0.1) is 0 Å². The van der Waals surface area contributed by atoms with Gasteiger partial charge in [-0.2, -0.15) is 0 Å². The molecule has 0 unspecified atom stereocenters. The fraction of sp³-hybridized carbons (Fsp3) is 0.517. The lowest BCUT2D eigenvalue weighted by molar-refractivity contribution is -0.142. The molecule has 2 aromatic heterocycles. The van der Waals surface area contributed by atoms with Gasteiger partial charge < -0.3 is 58.7 Å². The zero-order chi connectivity index (χ0) is 55.7. The first-order chi connectivity index (χ1) is 37.9. The van der Waals surface area contributed by atoms with E-state index >= 15 is 4.79 Å². The van der Waals surface area contributed by atoms with Gasteiger partial charge >= 0.3 is 0 Å². The quantitative estimate of drug-likeness (QED) is 0.0221. The number of nitrogens with one attached hydrogen (secondary N) is 7. The van der Waals surface area contributed by atoms with Crippen molar-refractivity contribution in [1.82, 2.24) is 41.5 Å². The molecule has 13 N–H and O–H groups in total. The van der Waals surface area contributed by atoms with E-state index in [0.29, 0.717) is 64.5 Å². The van der Waals surface area contributed by atoms with Gasteiger partial charge in [-0.1, -0.05) is 125 Å². The third-order valence-corrected chi connectivity index (χ3v) is 14.9. The second-order valence-corrected chi connectivity index (χ2v) is 20.9. The maximum absolute atomic E-state index is 15.0. The van der Waals surface area contributed by atoms with E-state index in [1.165, 1.54) is 37.0 Å². The van der Waals surface area contributed by atoms with Crippen molar-refractivity contribution in [2.45, 2.75) is 178 Å². The summed E-state index contributed by atoms with van der Waals surface area (Å²) in [4.78, 5) is 107. The number of amides is 7. The van der Waals surface area contributed by atoms with Crippen molar-refractivity contribution in [3.63, 3.8) is 0 Å². The highest BCUT2D eigenvalue weighted by molar-refractivity contribution is 5.98. The Morgan fingerprint density at radius 3 is 1.63 bits per heavy atom. The molecule has 5 aromatic rings. The number of nitrogens with two attached hydrogens (primary N) is 3. The number of benzene rings is 3. The van der Waals surface area contributed by atoms with Gasteiger partial charge in [-0.25, -0.2) is 0 Å². The van der Waals surface area contributed by atoms with Gasteiger partial charge in [0.25, 0.3) is 0 Å². The molecule has 0 saturated carbocycles. The molecule has 6 atom stereocenters.